The highest BCUT2D eigenvalue weighted by atomic mass is 16.6. The smallest absolute Gasteiger partial charge is 0.199 e. The van der Waals surface area contributed by atoms with Gasteiger partial charge in [0.2, 0.25) is 0 Å². The average molecular weight is 297 g/mol. The maximum atomic E-state index is 10.2. The summed E-state index contributed by atoms with van der Waals surface area (Å²) in [5.74, 6) is 0.138. The first kappa shape index (κ1) is 14.1. The Morgan fingerprint density at radius 3 is 2.67 bits per heavy atom. The molecule has 114 valence electrons. The molecule has 1 fully saturated rings. The van der Waals surface area contributed by atoms with Gasteiger partial charge in [0.1, 0.15) is 30.2 Å². The summed E-state index contributed by atoms with van der Waals surface area (Å²) < 4.78 is 6.77. The molecule has 1 aliphatic rings. The third-order valence-electron chi connectivity index (χ3n) is 3.70. The first-order chi connectivity index (χ1) is 10.0. The monoisotopic (exact) mass is 297 g/mol. The zero-order chi connectivity index (χ0) is 15.2. The van der Waals surface area contributed by atoms with Crippen molar-refractivity contribution in [1.29, 1.82) is 0 Å². The number of nitrogens with zero attached hydrogens (tertiary/aromatic N) is 4. The van der Waals surface area contributed by atoms with E-state index in [1.54, 1.807) is 0 Å². The topological polar surface area (TPSA) is 160 Å². The molecule has 0 aliphatic carbocycles. The number of aliphatic hydroxyl groups is 4. The molecule has 10 heteroatoms. The van der Waals surface area contributed by atoms with Gasteiger partial charge in [-0.2, -0.15) is 0 Å². The lowest BCUT2D eigenvalue weighted by atomic mass is 10.0. The number of rotatable bonds is 3. The first-order valence-electron chi connectivity index (χ1n) is 6.25. The van der Waals surface area contributed by atoms with Crippen LogP contribution in [0.25, 0.3) is 11.2 Å². The molecule has 2 aromatic heterocycles. The minimum absolute atomic E-state index is 0.138. The second-order valence-electron chi connectivity index (χ2n) is 4.82. The molecule has 1 aliphatic heterocycles. The van der Waals surface area contributed by atoms with Gasteiger partial charge in [0.15, 0.2) is 17.2 Å². The Kier molecular flexibility index (Phi) is 3.26. The molecule has 2 aromatic rings. The van der Waals surface area contributed by atoms with Crippen LogP contribution in [0, 0.1) is 0 Å². The minimum atomic E-state index is -1.71. The van der Waals surface area contributed by atoms with Gasteiger partial charge < -0.3 is 30.9 Å². The van der Waals surface area contributed by atoms with Crippen molar-refractivity contribution in [3.63, 3.8) is 0 Å². The van der Waals surface area contributed by atoms with Gasteiger partial charge in [-0.15, -0.1) is 0 Å². The van der Waals surface area contributed by atoms with E-state index < -0.39 is 37.3 Å². The largest absolute Gasteiger partial charge is 0.394 e. The molecule has 0 unspecified atom stereocenters. The van der Waals surface area contributed by atoms with Gasteiger partial charge in [0.05, 0.1) is 19.5 Å². The molecule has 0 radical (unpaired) electrons. The van der Waals surface area contributed by atoms with E-state index in [1.165, 1.54) is 17.2 Å². The third kappa shape index (κ3) is 1.81. The van der Waals surface area contributed by atoms with Crippen LogP contribution in [0.5, 0.6) is 0 Å². The van der Waals surface area contributed by atoms with Crippen molar-refractivity contribution in [1.82, 2.24) is 19.5 Å². The molecule has 0 amide bonds. The van der Waals surface area contributed by atoms with Crippen LogP contribution in [0.2, 0.25) is 0 Å². The summed E-state index contributed by atoms with van der Waals surface area (Å²) in [7, 11) is 0. The quantitative estimate of drug-likeness (QED) is 0.402. The van der Waals surface area contributed by atoms with Crippen molar-refractivity contribution >= 4 is 17.0 Å². The van der Waals surface area contributed by atoms with Crippen LogP contribution in [0.15, 0.2) is 12.7 Å². The number of nitrogen functional groups attached to an aromatic ring is 1. The summed E-state index contributed by atoms with van der Waals surface area (Å²) >= 11 is 0. The maximum absolute atomic E-state index is 10.2. The Morgan fingerprint density at radius 2 is 2.05 bits per heavy atom. The summed E-state index contributed by atoms with van der Waals surface area (Å²) in [6.45, 7) is -1.17. The summed E-state index contributed by atoms with van der Waals surface area (Å²) in [5.41, 5.74) is 4.50. The molecule has 3 rings (SSSR count). The lowest BCUT2D eigenvalue weighted by Gasteiger charge is -2.31. The highest BCUT2D eigenvalue weighted by Gasteiger charge is 2.55. The van der Waals surface area contributed by atoms with E-state index in [-0.39, 0.29) is 17.0 Å². The molecule has 0 aromatic carbocycles. The Bertz CT molecular complexity index is 663. The number of hydrogen-bond donors (Lipinski definition) is 5. The Morgan fingerprint density at radius 1 is 1.29 bits per heavy atom. The number of imidazole rings is 1. The molecule has 0 spiro atoms. The fraction of sp³-hybridized carbons (Fsp3) is 0.545. The lowest BCUT2D eigenvalue weighted by Crippen LogP contribution is -2.48. The minimum Gasteiger partial charge on any atom is -0.394 e. The van der Waals surface area contributed by atoms with Gasteiger partial charge >= 0.3 is 0 Å². The number of nitrogens with two attached hydrogens (primary N) is 1. The SMILES string of the molecule is Nc1ncnc2c1ncn2[C@@]1(CO)O[C@@H](CO)[C@@H](O)[C@H]1O. The highest BCUT2D eigenvalue weighted by molar-refractivity contribution is 5.81. The standard InChI is InChI=1S/C11H15N5O5/c12-9-6-10(14-3-13-9)16(4-15-6)11(2-18)8(20)7(19)5(1-17)21-11/h3-5,7-8,17-20H,1-2H2,(H2,12,13,14)/t5-,7+,8+,11-/m0/s1. The third-order valence-corrected chi connectivity index (χ3v) is 3.70. The molecular weight excluding hydrogens is 282 g/mol. The van der Waals surface area contributed by atoms with Crippen molar-refractivity contribution < 1.29 is 25.2 Å². The van der Waals surface area contributed by atoms with Crippen LogP contribution >= 0.6 is 0 Å². The van der Waals surface area contributed by atoms with Crippen LogP contribution in [-0.4, -0.2) is 71.5 Å². The van der Waals surface area contributed by atoms with Gasteiger partial charge in [0, 0.05) is 0 Å². The molecule has 4 atom stereocenters. The lowest BCUT2D eigenvalue weighted by molar-refractivity contribution is -0.169. The van der Waals surface area contributed by atoms with E-state index in [4.69, 9.17) is 10.5 Å². The molecule has 0 saturated carbocycles. The van der Waals surface area contributed by atoms with Crippen molar-refractivity contribution in [3.8, 4) is 0 Å². The van der Waals surface area contributed by atoms with E-state index in [1.807, 2.05) is 0 Å². The zero-order valence-corrected chi connectivity index (χ0v) is 10.9. The van der Waals surface area contributed by atoms with Crippen molar-refractivity contribution in [2.75, 3.05) is 18.9 Å². The van der Waals surface area contributed by atoms with Crippen LogP contribution < -0.4 is 5.73 Å². The summed E-state index contributed by atoms with van der Waals surface area (Å²) in [6, 6.07) is 0. The maximum Gasteiger partial charge on any atom is 0.199 e. The normalized spacial score (nSPS) is 32.9. The van der Waals surface area contributed by atoms with E-state index in [0.29, 0.717) is 0 Å². The summed E-state index contributed by atoms with van der Waals surface area (Å²) in [4.78, 5) is 11.8. The molecule has 0 bridgehead atoms. The van der Waals surface area contributed by atoms with E-state index >= 15 is 0 Å². The predicted octanol–water partition coefficient (Wildman–Crippen LogP) is -2.83. The second kappa shape index (κ2) is 4.86. The summed E-state index contributed by atoms with van der Waals surface area (Å²) in [6.07, 6.45) is -1.39. The molecule has 6 N–H and O–H groups in total. The molecule has 1 saturated heterocycles. The number of ether oxygens (including phenoxy) is 1. The van der Waals surface area contributed by atoms with Crippen molar-refractivity contribution in [2.45, 2.75) is 24.0 Å². The highest BCUT2D eigenvalue weighted by Crippen LogP contribution is 2.37. The van der Waals surface area contributed by atoms with Crippen molar-refractivity contribution in [2.24, 2.45) is 0 Å². The second-order valence-corrected chi connectivity index (χ2v) is 4.82. The zero-order valence-electron chi connectivity index (χ0n) is 10.9. The molecule has 21 heavy (non-hydrogen) atoms. The van der Waals surface area contributed by atoms with Crippen molar-refractivity contribution in [3.05, 3.63) is 12.7 Å². The molecule has 3 heterocycles. The van der Waals surface area contributed by atoms with E-state index in [9.17, 15) is 20.4 Å². The summed E-state index contributed by atoms with van der Waals surface area (Å²) in [5, 5.41) is 39.1. The van der Waals surface area contributed by atoms with Gasteiger partial charge in [-0.1, -0.05) is 0 Å². The van der Waals surface area contributed by atoms with E-state index in [2.05, 4.69) is 15.0 Å². The van der Waals surface area contributed by atoms with Gasteiger partial charge in [-0.25, -0.2) is 15.0 Å². The number of hydrogen-bond acceptors (Lipinski definition) is 9. The Hall–Kier alpha value is -1.85. The fourth-order valence-electron chi connectivity index (χ4n) is 2.55. The number of aliphatic hydroxyl groups excluding tert-OH is 4. The number of fused-ring (bicyclic) bond motifs is 1. The van der Waals surface area contributed by atoms with Crippen LogP contribution in [0.3, 0.4) is 0 Å². The van der Waals surface area contributed by atoms with Crippen LogP contribution in [0.1, 0.15) is 0 Å². The Labute approximate surface area is 118 Å². The number of anilines is 1. The van der Waals surface area contributed by atoms with Gasteiger partial charge in [-0.3, -0.25) is 4.57 Å². The van der Waals surface area contributed by atoms with Gasteiger partial charge in [0.25, 0.3) is 0 Å². The van der Waals surface area contributed by atoms with E-state index in [0.717, 1.165) is 0 Å². The molecule has 10 nitrogen and oxygen atoms in total. The van der Waals surface area contributed by atoms with Crippen LogP contribution in [-0.2, 0) is 10.5 Å². The number of aromatic nitrogens is 4. The molecular formula is C11H15N5O5. The van der Waals surface area contributed by atoms with Gasteiger partial charge in [-0.05, 0) is 0 Å². The predicted molar refractivity (Wildman–Crippen MR) is 68.8 cm³/mol. The fourth-order valence-corrected chi connectivity index (χ4v) is 2.55. The van der Waals surface area contributed by atoms with Crippen LogP contribution in [0.4, 0.5) is 5.82 Å². The first-order valence-corrected chi connectivity index (χ1v) is 6.25. The average Bonchev–Trinajstić information content (AvgIpc) is 3.03. The Balaban J connectivity index is 2.17.